The van der Waals surface area contributed by atoms with E-state index in [0.29, 0.717) is 6.04 Å². The van der Waals surface area contributed by atoms with Crippen LogP contribution in [0, 0.1) is 0 Å². The lowest BCUT2D eigenvalue weighted by molar-refractivity contribution is 0.373. The normalized spacial score (nSPS) is 8.36. The quantitative estimate of drug-likeness (QED) is 0.594. The Hall–Kier alpha value is -0.460. The van der Waals surface area contributed by atoms with Gasteiger partial charge in [0.25, 0.3) is 0 Å². The van der Waals surface area contributed by atoms with Crippen molar-refractivity contribution in [3.63, 3.8) is 0 Å². The van der Waals surface area contributed by atoms with Gasteiger partial charge in [-0.05, 0) is 33.9 Å². The first-order valence-corrected chi connectivity index (χ1v) is 4.41. The molecule has 0 rings (SSSR count). The zero-order valence-electron chi connectivity index (χ0n) is 9.10. The van der Waals surface area contributed by atoms with Crippen molar-refractivity contribution in [2.45, 2.75) is 47.6 Å². The van der Waals surface area contributed by atoms with E-state index >= 15 is 0 Å². The molecule has 68 valence electrons. The second-order valence-corrected chi connectivity index (χ2v) is 2.97. The fourth-order valence-electron chi connectivity index (χ4n) is 0.556. The molecule has 0 aliphatic carbocycles. The van der Waals surface area contributed by atoms with Crippen LogP contribution in [0.2, 0.25) is 0 Å². The molecule has 0 aromatic heterocycles. The molecule has 0 saturated heterocycles. The first kappa shape index (κ1) is 13.2. The molecular weight excluding hydrogens is 134 g/mol. The molecule has 0 N–H and O–H groups in total. The van der Waals surface area contributed by atoms with E-state index in [9.17, 15) is 0 Å². The molecule has 0 atom stereocenters. The van der Waals surface area contributed by atoms with Crippen LogP contribution in [0.1, 0.15) is 41.5 Å². The van der Waals surface area contributed by atoms with Crippen LogP contribution in [0.5, 0.6) is 0 Å². The molecule has 0 bridgehead atoms. The average molecular weight is 157 g/mol. The van der Waals surface area contributed by atoms with Crippen molar-refractivity contribution in [3.8, 4) is 0 Å². The number of hydrogen-bond donors (Lipinski definition) is 0. The van der Waals surface area contributed by atoms with E-state index in [1.54, 1.807) is 0 Å². The Kier molecular flexibility index (Phi) is 9.14. The average Bonchev–Trinajstić information content (AvgIpc) is 1.90. The van der Waals surface area contributed by atoms with Crippen LogP contribution in [0.4, 0.5) is 0 Å². The van der Waals surface area contributed by atoms with Crippen LogP contribution in [-0.2, 0) is 0 Å². The lowest BCUT2D eigenvalue weighted by Crippen LogP contribution is -2.20. The predicted octanol–water partition coefficient (Wildman–Crippen LogP) is 3.28. The van der Waals surface area contributed by atoms with Crippen LogP contribution in [0.3, 0.4) is 0 Å². The molecule has 0 aromatic rings. The monoisotopic (exact) mass is 157 g/mol. The number of allylic oxidation sites excluding steroid dienone is 1. The Balaban J connectivity index is 0. The second kappa shape index (κ2) is 7.64. The highest BCUT2D eigenvalue weighted by atomic mass is 15.1. The van der Waals surface area contributed by atoms with E-state index in [4.69, 9.17) is 0 Å². The van der Waals surface area contributed by atoms with Gasteiger partial charge < -0.3 is 4.90 Å². The van der Waals surface area contributed by atoms with Gasteiger partial charge in [0, 0.05) is 13.1 Å². The molecule has 0 unspecified atom stereocenters. The summed E-state index contributed by atoms with van der Waals surface area (Å²) >= 11 is 0. The molecule has 0 spiro atoms. The molecule has 1 heteroatoms. The highest BCUT2D eigenvalue weighted by molar-refractivity contribution is 4.92. The van der Waals surface area contributed by atoms with Gasteiger partial charge in [0.05, 0.1) is 0 Å². The Morgan fingerprint density at radius 1 is 1.18 bits per heavy atom. The van der Waals surface area contributed by atoms with Gasteiger partial charge in [-0.25, -0.2) is 0 Å². The highest BCUT2D eigenvalue weighted by Gasteiger charge is 1.94. The maximum absolute atomic E-state index is 2.20. The molecule has 0 fully saturated rings. The van der Waals surface area contributed by atoms with Crippen molar-refractivity contribution in [2.24, 2.45) is 0 Å². The van der Waals surface area contributed by atoms with Crippen molar-refractivity contribution in [1.82, 2.24) is 4.90 Å². The maximum atomic E-state index is 2.20. The van der Waals surface area contributed by atoms with Gasteiger partial charge in [0.15, 0.2) is 0 Å². The van der Waals surface area contributed by atoms with Gasteiger partial charge in [-0.3, -0.25) is 0 Å². The minimum atomic E-state index is 0.611. The van der Waals surface area contributed by atoms with Crippen molar-refractivity contribution >= 4 is 0 Å². The van der Waals surface area contributed by atoms with Crippen LogP contribution in [0.15, 0.2) is 11.8 Å². The van der Waals surface area contributed by atoms with Crippen molar-refractivity contribution in [1.29, 1.82) is 0 Å². The summed E-state index contributed by atoms with van der Waals surface area (Å²) in [6.07, 6.45) is 2.16. The number of nitrogens with zero attached hydrogens (tertiary/aromatic N) is 1. The lowest BCUT2D eigenvalue weighted by Gasteiger charge is -2.18. The van der Waals surface area contributed by atoms with E-state index in [-0.39, 0.29) is 0 Å². The lowest BCUT2D eigenvalue weighted by atomic mass is 10.3. The smallest absolute Gasteiger partial charge is 0.0224 e. The third-order valence-electron chi connectivity index (χ3n) is 1.28. The minimum Gasteiger partial charge on any atom is -0.378 e. The van der Waals surface area contributed by atoms with E-state index < -0.39 is 0 Å². The fraction of sp³-hybridized carbons (Fsp3) is 0.800. The third kappa shape index (κ3) is 9.54. The summed E-state index contributed by atoms with van der Waals surface area (Å²) in [6, 6.07) is 0.611. The van der Waals surface area contributed by atoms with Crippen LogP contribution in [-0.4, -0.2) is 18.0 Å². The molecule has 0 aromatic carbocycles. The molecule has 0 radical (unpaired) electrons. The zero-order chi connectivity index (χ0) is 9.44. The van der Waals surface area contributed by atoms with Crippen molar-refractivity contribution in [3.05, 3.63) is 11.8 Å². The maximum Gasteiger partial charge on any atom is 0.0224 e. The Labute approximate surface area is 72.1 Å². The topological polar surface area (TPSA) is 3.24 Å². The Morgan fingerprint density at radius 2 is 1.55 bits per heavy atom. The van der Waals surface area contributed by atoms with E-state index in [1.165, 1.54) is 5.57 Å². The van der Waals surface area contributed by atoms with Crippen LogP contribution >= 0.6 is 0 Å². The minimum absolute atomic E-state index is 0.611. The summed E-state index contributed by atoms with van der Waals surface area (Å²) in [5, 5.41) is 0. The van der Waals surface area contributed by atoms with Gasteiger partial charge in [-0.15, -0.1) is 0 Å². The summed E-state index contributed by atoms with van der Waals surface area (Å²) in [7, 11) is 2.09. The van der Waals surface area contributed by atoms with Gasteiger partial charge in [-0.1, -0.05) is 19.4 Å². The Bertz CT molecular complexity index is 99.4. The summed E-state index contributed by atoms with van der Waals surface area (Å²) in [4.78, 5) is 2.20. The summed E-state index contributed by atoms with van der Waals surface area (Å²) in [6.45, 7) is 12.6. The number of hydrogen-bond acceptors (Lipinski definition) is 1. The van der Waals surface area contributed by atoms with Gasteiger partial charge in [0.2, 0.25) is 0 Å². The largest absolute Gasteiger partial charge is 0.378 e. The van der Waals surface area contributed by atoms with E-state index in [0.717, 1.165) is 0 Å². The van der Waals surface area contributed by atoms with Gasteiger partial charge >= 0.3 is 0 Å². The molecule has 0 amide bonds. The summed E-state index contributed by atoms with van der Waals surface area (Å²) in [5.41, 5.74) is 1.35. The van der Waals surface area contributed by atoms with Gasteiger partial charge in [0.1, 0.15) is 0 Å². The summed E-state index contributed by atoms with van der Waals surface area (Å²) in [5.74, 6) is 0. The molecule has 11 heavy (non-hydrogen) atoms. The van der Waals surface area contributed by atoms with Gasteiger partial charge in [-0.2, -0.15) is 0 Å². The molecule has 0 heterocycles. The fourth-order valence-corrected chi connectivity index (χ4v) is 0.556. The Morgan fingerprint density at radius 3 is 1.64 bits per heavy atom. The first-order valence-electron chi connectivity index (χ1n) is 4.41. The van der Waals surface area contributed by atoms with E-state index in [2.05, 4.69) is 45.8 Å². The first-order chi connectivity index (χ1) is 5.04. The molecule has 0 aliphatic heterocycles. The van der Waals surface area contributed by atoms with E-state index in [1.807, 2.05) is 13.8 Å². The molecule has 1 nitrogen and oxygen atoms in total. The zero-order valence-corrected chi connectivity index (χ0v) is 9.10. The van der Waals surface area contributed by atoms with Crippen LogP contribution in [0.25, 0.3) is 0 Å². The standard InChI is InChI=1S/C8H17N.C2H6/c1-7(2)6-9(5)8(3)4;1-2/h6,8H,1-5H3;1-2H3. The van der Waals surface area contributed by atoms with Crippen LogP contribution < -0.4 is 0 Å². The summed E-state index contributed by atoms with van der Waals surface area (Å²) < 4.78 is 0. The highest BCUT2D eigenvalue weighted by Crippen LogP contribution is 1.97. The number of rotatable bonds is 2. The third-order valence-corrected chi connectivity index (χ3v) is 1.28. The molecular formula is C10H23N. The second-order valence-electron chi connectivity index (χ2n) is 2.97. The van der Waals surface area contributed by atoms with Crippen molar-refractivity contribution < 1.29 is 0 Å². The molecule has 0 saturated carbocycles. The molecule has 0 aliphatic rings. The van der Waals surface area contributed by atoms with Crippen molar-refractivity contribution in [2.75, 3.05) is 7.05 Å². The predicted molar refractivity (Wildman–Crippen MR) is 53.7 cm³/mol. The SMILES string of the molecule is CC.CC(C)=CN(C)C(C)C.